The molecule has 0 aromatic carbocycles. The van der Waals surface area contributed by atoms with Crippen molar-refractivity contribution in [3.05, 3.63) is 65.3 Å². The first kappa shape index (κ1) is 20.9. The first-order valence-electron chi connectivity index (χ1n) is 7.00. The van der Waals surface area contributed by atoms with Crippen LogP contribution in [-0.4, -0.2) is 0 Å². The summed E-state index contributed by atoms with van der Waals surface area (Å²) in [6.07, 6.45) is 16.0. The van der Waals surface area contributed by atoms with Crippen molar-refractivity contribution in [2.24, 2.45) is 0 Å². The van der Waals surface area contributed by atoms with Crippen LogP contribution < -0.4 is 24.8 Å². The Morgan fingerprint density at radius 2 is 1.19 bits per heavy atom. The van der Waals surface area contributed by atoms with Gasteiger partial charge in [-0.25, -0.2) is 0 Å². The molecule has 112 valence electrons. The summed E-state index contributed by atoms with van der Waals surface area (Å²) in [6.45, 7) is 8.81. The zero-order valence-electron chi connectivity index (χ0n) is 13.1. The van der Waals surface area contributed by atoms with Gasteiger partial charge in [-0.2, -0.15) is 0 Å². The number of allylic oxidation sites excluding steroid dienone is 12. The molecule has 3 heteroatoms. The molecular formula is C18H22Cl2Zr. The van der Waals surface area contributed by atoms with Gasteiger partial charge >= 0.3 is 129 Å². The van der Waals surface area contributed by atoms with Gasteiger partial charge in [-0.05, 0) is 0 Å². The molecule has 0 aromatic rings. The Bertz CT molecular complexity index is 508. The summed E-state index contributed by atoms with van der Waals surface area (Å²) in [5.41, 5.74) is 6.03. The van der Waals surface area contributed by atoms with Gasteiger partial charge in [0, 0.05) is 0 Å². The second kappa shape index (κ2) is 9.83. The van der Waals surface area contributed by atoms with Gasteiger partial charge in [0.15, 0.2) is 0 Å². The van der Waals surface area contributed by atoms with Crippen LogP contribution in [0.25, 0.3) is 0 Å². The van der Waals surface area contributed by atoms with Gasteiger partial charge in [0.25, 0.3) is 0 Å². The monoisotopic (exact) mass is 398 g/mol. The van der Waals surface area contributed by atoms with E-state index in [9.17, 15) is 0 Å². The fraction of sp³-hybridized carbons (Fsp3) is 0.333. The van der Waals surface area contributed by atoms with Crippen LogP contribution in [0.3, 0.4) is 0 Å². The van der Waals surface area contributed by atoms with Crippen molar-refractivity contribution in [3.8, 4) is 0 Å². The molecule has 0 N–H and O–H groups in total. The number of hydrogen-bond acceptors (Lipinski definition) is 0. The van der Waals surface area contributed by atoms with E-state index in [1.165, 1.54) is 24.0 Å². The van der Waals surface area contributed by atoms with Gasteiger partial charge in [0.1, 0.15) is 0 Å². The van der Waals surface area contributed by atoms with Crippen molar-refractivity contribution in [3.63, 3.8) is 0 Å². The van der Waals surface area contributed by atoms with Crippen molar-refractivity contribution >= 4 is 0 Å². The summed E-state index contributed by atoms with van der Waals surface area (Å²) in [5.74, 6) is 0. The van der Waals surface area contributed by atoms with Crippen LogP contribution in [0.4, 0.5) is 0 Å². The van der Waals surface area contributed by atoms with Gasteiger partial charge < -0.3 is 24.8 Å². The molecule has 0 fully saturated rings. The quantitative estimate of drug-likeness (QED) is 0.594. The third-order valence-corrected chi connectivity index (χ3v) is 8.15. The van der Waals surface area contributed by atoms with Crippen molar-refractivity contribution in [2.45, 2.75) is 40.5 Å². The molecule has 0 nitrogen and oxygen atoms in total. The predicted octanol–water partition coefficient (Wildman–Crippen LogP) is -0.563. The standard InChI is InChI=1S/2C9H11.2ClH.Zr/c2*1-3-5-9-7-4-6-8(9)2;;;/h2*3,5,7H,4H2,1-2H3;2*1H;/q;;;;+2/p-2. The molecule has 2 aliphatic rings. The van der Waals surface area contributed by atoms with E-state index >= 15 is 0 Å². The summed E-state index contributed by atoms with van der Waals surface area (Å²) in [4.78, 5) is 0. The molecule has 0 heterocycles. The van der Waals surface area contributed by atoms with E-state index in [0.29, 0.717) is 0 Å². The van der Waals surface area contributed by atoms with E-state index in [1.54, 1.807) is 17.7 Å². The second-order valence-corrected chi connectivity index (χ2v) is 8.64. The maximum absolute atomic E-state index is 2.40. The van der Waals surface area contributed by atoms with Gasteiger partial charge in [0.05, 0.1) is 0 Å². The fourth-order valence-electron chi connectivity index (χ4n) is 2.60. The maximum atomic E-state index is 2.40. The van der Waals surface area contributed by atoms with E-state index < -0.39 is 23.2 Å². The van der Waals surface area contributed by atoms with Crippen LogP contribution in [0.5, 0.6) is 0 Å². The largest absolute Gasteiger partial charge is 1.00 e. The number of rotatable bonds is 4. The molecule has 0 aromatic heterocycles. The molecule has 0 radical (unpaired) electrons. The van der Waals surface area contributed by atoms with Crippen LogP contribution in [-0.2, 0) is 23.2 Å². The Hall–Kier alpha value is -0.0969. The fourth-order valence-corrected chi connectivity index (χ4v) is 6.13. The molecule has 21 heavy (non-hydrogen) atoms. The Balaban J connectivity index is 0.00000200. The van der Waals surface area contributed by atoms with Crippen LogP contribution in [0, 0.1) is 0 Å². The summed E-state index contributed by atoms with van der Waals surface area (Å²) in [6, 6.07) is 0. The van der Waals surface area contributed by atoms with Crippen LogP contribution in [0.15, 0.2) is 65.3 Å². The topological polar surface area (TPSA) is 0 Å². The molecule has 2 aliphatic carbocycles. The van der Waals surface area contributed by atoms with Crippen molar-refractivity contribution in [2.75, 3.05) is 0 Å². The maximum Gasteiger partial charge on any atom is -1.00 e. The third-order valence-electron chi connectivity index (χ3n) is 3.82. The van der Waals surface area contributed by atoms with Crippen molar-refractivity contribution < 1.29 is 48.0 Å². The minimum atomic E-state index is -0.552. The number of halogens is 2. The molecule has 0 amide bonds. The van der Waals surface area contributed by atoms with E-state index in [2.05, 4.69) is 64.2 Å². The van der Waals surface area contributed by atoms with Crippen LogP contribution in [0.1, 0.15) is 40.5 Å². The Kier molecular flexibility index (Phi) is 9.78. The zero-order valence-corrected chi connectivity index (χ0v) is 17.1. The normalized spacial score (nSPS) is 17.9. The molecule has 0 atom stereocenters. The van der Waals surface area contributed by atoms with E-state index in [-0.39, 0.29) is 24.8 Å². The average molecular weight is 401 g/mol. The van der Waals surface area contributed by atoms with Crippen LogP contribution in [0.2, 0.25) is 0 Å². The van der Waals surface area contributed by atoms with Gasteiger partial charge in [-0.1, -0.05) is 0 Å². The number of hydrogen-bond donors (Lipinski definition) is 0. The second-order valence-electron chi connectivity index (χ2n) is 5.06. The summed E-state index contributed by atoms with van der Waals surface area (Å²) >= 11 is -0.552. The van der Waals surface area contributed by atoms with E-state index in [1.807, 2.05) is 0 Å². The average Bonchev–Trinajstić information content (AvgIpc) is 2.90. The summed E-state index contributed by atoms with van der Waals surface area (Å²) in [7, 11) is 0. The Morgan fingerprint density at radius 3 is 1.52 bits per heavy atom. The molecule has 2 rings (SSSR count). The first-order valence-corrected chi connectivity index (χ1v) is 9.46. The predicted molar refractivity (Wildman–Crippen MR) is 80.4 cm³/mol. The third kappa shape index (κ3) is 4.95. The molecular weight excluding hydrogens is 378 g/mol. The molecule has 0 spiro atoms. The molecule has 0 unspecified atom stereocenters. The van der Waals surface area contributed by atoms with E-state index in [4.69, 9.17) is 0 Å². The Morgan fingerprint density at radius 1 is 0.810 bits per heavy atom. The molecule has 0 aliphatic heterocycles. The molecule has 0 bridgehead atoms. The molecule has 0 saturated heterocycles. The smallest absolute Gasteiger partial charge is 1.00 e. The van der Waals surface area contributed by atoms with Crippen LogP contribution >= 0.6 is 0 Å². The first-order chi connectivity index (χ1) is 9.17. The van der Waals surface area contributed by atoms with E-state index in [0.717, 1.165) is 0 Å². The summed E-state index contributed by atoms with van der Waals surface area (Å²) < 4.78 is 3.53. The SMILES string of the molecule is CC=CC1=CC[C]([Zr+2][C]2=C(C)C(C=CC)=CC2)=C1C.[Cl-].[Cl-]. The minimum absolute atomic E-state index is 0. The van der Waals surface area contributed by atoms with Crippen molar-refractivity contribution in [1.29, 1.82) is 0 Å². The molecule has 0 saturated carbocycles. The van der Waals surface area contributed by atoms with Gasteiger partial charge in [-0.15, -0.1) is 0 Å². The Labute approximate surface area is 153 Å². The zero-order chi connectivity index (χ0) is 13.8. The van der Waals surface area contributed by atoms with Crippen molar-refractivity contribution in [1.82, 2.24) is 0 Å². The summed E-state index contributed by atoms with van der Waals surface area (Å²) in [5, 5.41) is 0. The van der Waals surface area contributed by atoms with Gasteiger partial charge in [-0.3, -0.25) is 0 Å². The van der Waals surface area contributed by atoms with Gasteiger partial charge in [0.2, 0.25) is 0 Å². The minimum Gasteiger partial charge on any atom is -1.00 e.